The lowest BCUT2D eigenvalue weighted by molar-refractivity contribution is -0.678. The van der Waals surface area contributed by atoms with E-state index in [1.54, 1.807) is 12.1 Å². The molecule has 3 rings (SSSR count). The van der Waals surface area contributed by atoms with Gasteiger partial charge >= 0.3 is 15.0 Å². The molecule has 0 spiro atoms. The standard InChI is InChI=1S/C20H30N4O4S/c21-24-14-5-4-10-20(24)29(27,28)23-13-6-9-17(18(25)15-23)22-19(26)12-11-16-7-2-1-3-8-16/h4-5,10,14,16-17H,1-3,6-9,11-13,15,21H2/p+1/t17-/m0/s1. The fourth-order valence-electron chi connectivity index (χ4n) is 4.22. The van der Waals surface area contributed by atoms with Gasteiger partial charge in [-0.2, -0.15) is 4.31 Å². The van der Waals surface area contributed by atoms with Gasteiger partial charge in [0.05, 0.1) is 12.6 Å². The number of pyridine rings is 1. The number of nitrogen functional groups attached to an aromatic ring is 1. The maximum Gasteiger partial charge on any atom is 0.340 e. The second-order valence-electron chi connectivity index (χ2n) is 8.06. The van der Waals surface area contributed by atoms with Crippen LogP contribution in [0.5, 0.6) is 0 Å². The highest BCUT2D eigenvalue weighted by atomic mass is 32.2. The molecule has 1 aromatic rings. The molecule has 1 aliphatic heterocycles. The van der Waals surface area contributed by atoms with E-state index in [0.717, 1.165) is 15.4 Å². The highest BCUT2D eigenvalue weighted by Crippen LogP contribution is 2.27. The zero-order chi connectivity index (χ0) is 20.9. The van der Waals surface area contributed by atoms with Crippen LogP contribution in [-0.4, -0.2) is 43.5 Å². The lowest BCUT2D eigenvalue weighted by Gasteiger charge is -2.22. The van der Waals surface area contributed by atoms with Gasteiger partial charge in [0.25, 0.3) is 0 Å². The van der Waals surface area contributed by atoms with Gasteiger partial charge < -0.3 is 5.32 Å². The van der Waals surface area contributed by atoms with Gasteiger partial charge in [-0.25, -0.2) is 14.3 Å². The summed E-state index contributed by atoms with van der Waals surface area (Å²) in [6.07, 6.45) is 9.79. The molecular formula is C20H31N4O4S+. The third-order valence-corrected chi connectivity index (χ3v) is 7.78. The topological polar surface area (TPSA) is 113 Å². The summed E-state index contributed by atoms with van der Waals surface area (Å²) in [5.41, 5.74) is 0. The molecule has 0 aromatic carbocycles. The van der Waals surface area contributed by atoms with Crippen LogP contribution in [0.4, 0.5) is 0 Å². The number of nitrogens with zero attached hydrogens (tertiary/aromatic N) is 2. The summed E-state index contributed by atoms with van der Waals surface area (Å²) in [6.45, 7) is -0.0395. The molecule has 2 heterocycles. The number of amides is 1. The van der Waals surface area contributed by atoms with Gasteiger partial charge in [0.15, 0.2) is 5.78 Å². The summed E-state index contributed by atoms with van der Waals surface area (Å²) in [4.78, 5) is 25.0. The number of aromatic nitrogens is 1. The van der Waals surface area contributed by atoms with Crippen molar-refractivity contribution >= 4 is 21.7 Å². The predicted octanol–water partition coefficient (Wildman–Crippen LogP) is 0.887. The zero-order valence-corrected chi connectivity index (χ0v) is 17.6. The van der Waals surface area contributed by atoms with E-state index >= 15 is 0 Å². The van der Waals surface area contributed by atoms with Crippen LogP contribution in [0.1, 0.15) is 57.8 Å². The Hall–Kier alpha value is -2.00. The van der Waals surface area contributed by atoms with Gasteiger partial charge in [0.1, 0.15) is 0 Å². The number of hydrogen-bond donors (Lipinski definition) is 2. The summed E-state index contributed by atoms with van der Waals surface area (Å²) in [5, 5.41) is 2.76. The Labute approximate surface area is 172 Å². The average Bonchev–Trinajstić information content (AvgIpc) is 2.89. The number of sulfonamides is 1. The number of Topliss-reactive ketones (excluding diaryl/α,β-unsaturated/α-hetero) is 1. The quantitative estimate of drug-likeness (QED) is 0.521. The largest absolute Gasteiger partial charge is 0.346 e. The first-order valence-electron chi connectivity index (χ1n) is 10.5. The van der Waals surface area contributed by atoms with Crippen molar-refractivity contribution in [2.45, 2.75) is 68.9 Å². The van der Waals surface area contributed by atoms with Gasteiger partial charge in [-0.15, -0.1) is 0 Å². The van der Waals surface area contributed by atoms with Crippen LogP contribution in [0.2, 0.25) is 0 Å². The summed E-state index contributed by atoms with van der Waals surface area (Å²) in [6, 6.07) is 4.00. The van der Waals surface area contributed by atoms with Crippen molar-refractivity contribution in [1.29, 1.82) is 0 Å². The lowest BCUT2D eigenvalue weighted by Crippen LogP contribution is -2.52. The molecule has 29 heavy (non-hydrogen) atoms. The minimum atomic E-state index is -3.89. The van der Waals surface area contributed by atoms with E-state index in [2.05, 4.69) is 5.32 Å². The van der Waals surface area contributed by atoms with Crippen molar-refractivity contribution in [3.63, 3.8) is 0 Å². The van der Waals surface area contributed by atoms with E-state index in [9.17, 15) is 18.0 Å². The molecule has 1 aliphatic carbocycles. The van der Waals surface area contributed by atoms with Crippen molar-refractivity contribution < 1.29 is 22.7 Å². The highest BCUT2D eigenvalue weighted by molar-refractivity contribution is 7.89. The van der Waals surface area contributed by atoms with Crippen molar-refractivity contribution in [3.8, 4) is 0 Å². The molecule has 160 valence electrons. The van der Waals surface area contributed by atoms with Crippen LogP contribution in [0, 0.1) is 5.92 Å². The second-order valence-corrected chi connectivity index (χ2v) is 9.94. The van der Waals surface area contributed by atoms with Crippen LogP contribution in [0.15, 0.2) is 29.4 Å². The van der Waals surface area contributed by atoms with Gasteiger partial charge in [0, 0.05) is 25.1 Å². The summed E-state index contributed by atoms with van der Waals surface area (Å²) in [7, 11) is -3.89. The molecule has 2 aliphatic rings. The van der Waals surface area contributed by atoms with Crippen molar-refractivity contribution in [1.82, 2.24) is 9.62 Å². The summed E-state index contributed by atoms with van der Waals surface area (Å²) in [5.74, 6) is 5.95. The molecule has 1 aromatic heterocycles. The SMILES string of the molecule is N[n+]1ccccc1S(=O)(=O)N1CCC[C@H](NC(=O)CCC2CCCCC2)C(=O)C1. The van der Waals surface area contributed by atoms with E-state index in [0.29, 0.717) is 25.2 Å². The van der Waals surface area contributed by atoms with Crippen LogP contribution >= 0.6 is 0 Å². The molecule has 8 nitrogen and oxygen atoms in total. The van der Waals surface area contributed by atoms with Crippen LogP contribution in [0.25, 0.3) is 0 Å². The molecule has 0 radical (unpaired) electrons. The van der Waals surface area contributed by atoms with Gasteiger partial charge in [-0.05, 0) is 31.2 Å². The lowest BCUT2D eigenvalue weighted by atomic mass is 9.86. The molecule has 1 saturated carbocycles. The Kier molecular flexibility index (Phi) is 7.23. The smallest absolute Gasteiger partial charge is 0.340 e. The first kappa shape index (κ1) is 21.7. The Morgan fingerprint density at radius 1 is 1.17 bits per heavy atom. The molecule has 1 saturated heterocycles. The molecule has 0 bridgehead atoms. The number of carbonyl (C=O) groups excluding carboxylic acids is 2. The highest BCUT2D eigenvalue weighted by Gasteiger charge is 2.37. The zero-order valence-electron chi connectivity index (χ0n) is 16.8. The Bertz CT molecular complexity index is 837. The first-order chi connectivity index (χ1) is 13.9. The van der Waals surface area contributed by atoms with Gasteiger partial charge in [-0.3, -0.25) is 9.59 Å². The van der Waals surface area contributed by atoms with Crippen molar-refractivity contribution in [2.24, 2.45) is 5.92 Å². The molecule has 1 atom stereocenters. The van der Waals surface area contributed by atoms with Crippen molar-refractivity contribution in [3.05, 3.63) is 24.4 Å². The number of hydrogen-bond acceptors (Lipinski definition) is 5. The van der Waals surface area contributed by atoms with Crippen LogP contribution < -0.4 is 15.8 Å². The fraction of sp³-hybridized carbons (Fsp3) is 0.650. The molecule has 2 fully saturated rings. The number of rotatable bonds is 6. The number of nitrogens with one attached hydrogen (secondary N) is 1. The molecule has 0 unspecified atom stereocenters. The average molecular weight is 424 g/mol. The fourth-order valence-corrected chi connectivity index (χ4v) is 5.73. The van der Waals surface area contributed by atoms with Gasteiger partial charge in [0.2, 0.25) is 12.1 Å². The third-order valence-electron chi connectivity index (χ3n) is 5.92. The van der Waals surface area contributed by atoms with E-state index in [4.69, 9.17) is 5.84 Å². The summed E-state index contributed by atoms with van der Waals surface area (Å²) >= 11 is 0. The molecular weight excluding hydrogens is 392 g/mol. The van der Waals surface area contributed by atoms with Crippen LogP contribution in [0.3, 0.4) is 0 Å². The Morgan fingerprint density at radius 3 is 2.66 bits per heavy atom. The number of carbonyl (C=O) groups is 2. The predicted molar refractivity (Wildman–Crippen MR) is 108 cm³/mol. The molecule has 1 amide bonds. The first-order valence-corrected chi connectivity index (χ1v) is 11.9. The Morgan fingerprint density at radius 2 is 1.93 bits per heavy atom. The summed E-state index contributed by atoms with van der Waals surface area (Å²) < 4.78 is 28.0. The monoisotopic (exact) mass is 423 g/mol. The van der Waals surface area contributed by atoms with Crippen molar-refractivity contribution in [2.75, 3.05) is 18.9 Å². The molecule has 9 heteroatoms. The minimum Gasteiger partial charge on any atom is -0.346 e. The van der Waals surface area contributed by atoms with Gasteiger partial charge in [-0.1, -0.05) is 36.8 Å². The second kappa shape index (κ2) is 9.67. The van der Waals surface area contributed by atoms with E-state index < -0.39 is 16.1 Å². The maximum absolute atomic E-state index is 12.9. The molecule has 3 N–H and O–H groups in total. The normalized spacial score (nSPS) is 22.2. The van der Waals surface area contributed by atoms with E-state index in [1.165, 1.54) is 44.4 Å². The van der Waals surface area contributed by atoms with E-state index in [1.807, 2.05) is 0 Å². The third kappa shape index (κ3) is 5.54. The number of ketones is 1. The van der Waals surface area contributed by atoms with Crippen LogP contribution in [-0.2, 0) is 19.6 Å². The maximum atomic E-state index is 12.9. The van der Waals surface area contributed by atoms with E-state index in [-0.39, 0.29) is 29.8 Å². The minimum absolute atomic E-state index is 0.0669. The Balaban J connectivity index is 1.57. The number of nitrogens with two attached hydrogens (primary N) is 1.